The van der Waals surface area contributed by atoms with E-state index in [1.165, 1.54) is 10.1 Å². The molecular formula is C29H34N4O3. The Balaban J connectivity index is 1.68. The molecule has 1 aromatic heterocycles. The largest absolute Gasteiger partial charge is 0.348 e. The van der Waals surface area contributed by atoms with Crippen molar-refractivity contribution in [3.05, 3.63) is 81.3 Å². The lowest BCUT2D eigenvalue weighted by molar-refractivity contribution is -0.122. The van der Waals surface area contributed by atoms with Crippen LogP contribution in [-0.2, 0) is 22.6 Å². The summed E-state index contributed by atoms with van der Waals surface area (Å²) in [4.78, 5) is 43.6. The molecule has 0 bridgehead atoms. The van der Waals surface area contributed by atoms with E-state index in [1.54, 1.807) is 13.1 Å². The molecule has 1 aliphatic carbocycles. The Morgan fingerprint density at radius 3 is 2.69 bits per heavy atom. The van der Waals surface area contributed by atoms with Crippen LogP contribution in [0.5, 0.6) is 0 Å². The van der Waals surface area contributed by atoms with E-state index in [0.717, 1.165) is 41.5 Å². The predicted octanol–water partition coefficient (Wildman–Crippen LogP) is 4.71. The Bertz CT molecular complexity index is 1340. The number of aromatic nitrogens is 2. The molecule has 36 heavy (non-hydrogen) atoms. The van der Waals surface area contributed by atoms with E-state index in [4.69, 9.17) is 0 Å². The molecule has 188 valence electrons. The minimum absolute atomic E-state index is 0.0652. The maximum atomic E-state index is 13.5. The Labute approximate surface area is 212 Å². The zero-order valence-electron chi connectivity index (χ0n) is 21.4. The van der Waals surface area contributed by atoms with Gasteiger partial charge in [0.1, 0.15) is 6.54 Å². The van der Waals surface area contributed by atoms with Crippen molar-refractivity contribution in [2.45, 2.75) is 66.0 Å². The van der Waals surface area contributed by atoms with Crippen molar-refractivity contribution in [2.75, 3.05) is 5.32 Å². The first-order valence-electron chi connectivity index (χ1n) is 12.6. The smallest absolute Gasteiger partial charge is 0.294 e. The average Bonchev–Trinajstić information content (AvgIpc) is 2.86. The van der Waals surface area contributed by atoms with E-state index in [2.05, 4.69) is 27.8 Å². The van der Waals surface area contributed by atoms with Crippen molar-refractivity contribution < 1.29 is 9.59 Å². The van der Waals surface area contributed by atoms with Crippen molar-refractivity contribution in [1.82, 2.24) is 14.9 Å². The molecule has 7 nitrogen and oxygen atoms in total. The highest BCUT2D eigenvalue weighted by molar-refractivity contribution is 5.91. The predicted molar refractivity (Wildman–Crippen MR) is 142 cm³/mol. The van der Waals surface area contributed by atoms with E-state index in [-0.39, 0.29) is 36.1 Å². The SMILES string of the molecule is CC[C@@H](C)C(=O)Nc1ncc(-c2ccc(C)cc2C)n(CC(=O)N[C@@H]2CCCc3ccccc32)c1=O. The van der Waals surface area contributed by atoms with Crippen LogP contribution >= 0.6 is 0 Å². The van der Waals surface area contributed by atoms with Gasteiger partial charge in [0.2, 0.25) is 11.8 Å². The van der Waals surface area contributed by atoms with Crippen LogP contribution in [-0.4, -0.2) is 21.4 Å². The molecule has 2 aromatic carbocycles. The van der Waals surface area contributed by atoms with E-state index in [9.17, 15) is 14.4 Å². The summed E-state index contributed by atoms with van der Waals surface area (Å²) in [5, 5.41) is 5.79. The van der Waals surface area contributed by atoms with Gasteiger partial charge in [0, 0.05) is 11.5 Å². The summed E-state index contributed by atoms with van der Waals surface area (Å²) in [5.74, 6) is -0.843. The topological polar surface area (TPSA) is 93.1 Å². The molecule has 0 fully saturated rings. The summed E-state index contributed by atoms with van der Waals surface area (Å²) in [6.45, 7) is 7.51. The van der Waals surface area contributed by atoms with Crippen LogP contribution in [0.3, 0.4) is 0 Å². The molecule has 0 unspecified atom stereocenters. The van der Waals surface area contributed by atoms with Gasteiger partial charge < -0.3 is 10.6 Å². The summed E-state index contributed by atoms with van der Waals surface area (Å²) in [6.07, 6.45) is 5.06. The summed E-state index contributed by atoms with van der Waals surface area (Å²) < 4.78 is 1.42. The molecular weight excluding hydrogens is 452 g/mol. The normalized spacial score (nSPS) is 15.6. The molecule has 2 atom stereocenters. The Kier molecular flexibility index (Phi) is 7.67. The number of fused-ring (bicyclic) bond motifs is 1. The first kappa shape index (κ1) is 25.4. The number of rotatable bonds is 7. The molecule has 2 amide bonds. The van der Waals surface area contributed by atoms with Crippen molar-refractivity contribution in [3.63, 3.8) is 0 Å². The highest BCUT2D eigenvalue weighted by Gasteiger charge is 2.23. The second-order valence-corrected chi connectivity index (χ2v) is 9.71. The van der Waals surface area contributed by atoms with E-state index >= 15 is 0 Å². The third kappa shape index (κ3) is 5.40. The van der Waals surface area contributed by atoms with Gasteiger partial charge in [0.25, 0.3) is 5.56 Å². The fourth-order valence-corrected chi connectivity index (χ4v) is 4.76. The van der Waals surface area contributed by atoms with Crippen LogP contribution in [0.25, 0.3) is 11.3 Å². The second-order valence-electron chi connectivity index (χ2n) is 9.71. The zero-order chi connectivity index (χ0) is 25.8. The molecule has 1 aliphatic rings. The lowest BCUT2D eigenvalue weighted by atomic mass is 9.88. The van der Waals surface area contributed by atoms with Crippen molar-refractivity contribution >= 4 is 17.6 Å². The van der Waals surface area contributed by atoms with Crippen molar-refractivity contribution in [1.29, 1.82) is 0 Å². The van der Waals surface area contributed by atoms with Crippen LogP contribution in [0.15, 0.2) is 53.5 Å². The highest BCUT2D eigenvalue weighted by atomic mass is 16.2. The molecule has 1 heterocycles. The molecule has 0 saturated carbocycles. The van der Waals surface area contributed by atoms with Gasteiger partial charge in [-0.2, -0.15) is 0 Å². The summed E-state index contributed by atoms with van der Waals surface area (Å²) in [7, 11) is 0. The van der Waals surface area contributed by atoms with Gasteiger partial charge in [-0.25, -0.2) is 4.98 Å². The fraction of sp³-hybridized carbons (Fsp3) is 0.379. The van der Waals surface area contributed by atoms with Gasteiger partial charge in [-0.05, 0) is 56.2 Å². The summed E-state index contributed by atoms with van der Waals surface area (Å²) in [6, 6.07) is 14.0. The number of nitrogens with one attached hydrogen (secondary N) is 2. The first-order chi connectivity index (χ1) is 17.3. The summed E-state index contributed by atoms with van der Waals surface area (Å²) in [5.41, 5.74) is 5.33. The maximum Gasteiger partial charge on any atom is 0.294 e. The standard InChI is InChI=1S/C29H34N4O3/c1-5-19(3)28(35)32-27-29(36)33(25(16-30-27)22-14-13-18(2)15-20(22)4)17-26(34)31-24-12-8-10-21-9-6-7-11-23(21)24/h6-7,9,11,13-16,19,24H,5,8,10,12,17H2,1-4H3,(H,31,34)(H,30,32,35)/t19-,24-/m1/s1. The van der Waals surface area contributed by atoms with Crippen LogP contribution in [0.1, 0.15) is 61.4 Å². The van der Waals surface area contributed by atoms with Gasteiger partial charge in [0.15, 0.2) is 5.82 Å². The molecule has 0 aliphatic heterocycles. The van der Waals surface area contributed by atoms with Gasteiger partial charge in [-0.1, -0.05) is 61.9 Å². The number of carbonyl (C=O) groups is 2. The van der Waals surface area contributed by atoms with E-state index in [1.807, 2.05) is 51.1 Å². The van der Waals surface area contributed by atoms with Crippen LogP contribution in [0.2, 0.25) is 0 Å². The quantitative estimate of drug-likeness (QED) is 0.506. The maximum absolute atomic E-state index is 13.5. The Morgan fingerprint density at radius 1 is 1.17 bits per heavy atom. The number of benzene rings is 2. The number of amides is 2. The third-order valence-electron chi connectivity index (χ3n) is 7.02. The third-order valence-corrected chi connectivity index (χ3v) is 7.02. The minimum atomic E-state index is -0.497. The van der Waals surface area contributed by atoms with Crippen LogP contribution < -0.4 is 16.2 Å². The lowest BCUT2D eigenvalue weighted by Crippen LogP contribution is -2.38. The number of nitrogens with zero attached hydrogens (tertiary/aromatic N) is 2. The van der Waals surface area contributed by atoms with Gasteiger partial charge >= 0.3 is 0 Å². The van der Waals surface area contributed by atoms with Crippen molar-refractivity contribution in [3.8, 4) is 11.3 Å². The first-order valence-corrected chi connectivity index (χ1v) is 12.6. The average molecular weight is 487 g/mol. The van der Waals surface area contributed by atoms with Crippen LogP contribution in [0.4, 0.5) is 5.82 Å². The number of carbonyl (C=O) groups excluding carboxylic acids is 2. The van der Waals surface area contributed by atoms with E-state index in [0.29, 0.717) is 12.1 Å². The van der Waals surface area contributed by atoms with Crippen molar-refractivity contribution in [2.24, 2.45) is 5.92 Å². The Morgan fingerprint density at radius 2 is 1.94 bits per heavy atom. The highest BCUT2D eigenvalue weighted by Crippen LogP contribution is 2.29. The monoisotopic (exact) mass is 486 g/mol. The molecule has 4 rings (SSSR count). The molecule has 7 heteroatoms. The number of aryl methyl sites for hydroxylation is 3. The minimum Gasteiger partial charge on any atom is -0.348 e. The zero-order valence-corrected chi connectivity index (χ0v) is 21.4. The molecule has 0 spiro atoms. The molecule has 2 N–H and O–H groups in total. The number of hydrogen-bond acceptors (Lipinski definition) is 4. The van der Waals surface area contributed by atoms with Crippen LogP contribution in [0, 0.1) is 19.8 Å². The van der Waals surface area contributed by atoms with Gasteiger partial charge in [-0.3, -0.25) is 19.0 Å². The Hall–Kier alpha value is -3.74. The molecule has 0 saturated heterocycles. The summed E-state index contributed by atoms with van der Waals surface area (Å²) >= 11 is 0. The fourth-order valence-electron chi connectivity index (χ4n) is 4.76. The lowest BCUT2D eigenvalue weighted by Gasteiger charge is -2.26. The molecule has 0 radical (unpaired) electrons. The van der Waals surface area contributed by atoms with Gasteiger partial charge in [0.05, 0.1) is 17.9 Å². The molecule has 3 aromatic rings. The second kappa shape index (κ2) is 10.9. The van der Waals surface area contributed by atoms with E-state index < -0.39 is 5.56 Å². The van der Waals surface area contributed by atoms with Gasteiger partial charge in [-0.15, -0.1) is 0 Å². The number of hydrogen-bond donors (Lipinski definition) is 2. The number of anilines is 1.